The Hall–Kier alpha value is -1.62. The number of anilines is 2. The topological polar surface area (TPSA) is 77.2 Å². The Morgan fingerprint density at radius 1 is 1.65 bits per heavy atom. The van der Waals surface area contributed by atoms with Gasteiger partial charge in [0.15, 0.2) is 5.82 Å². The van der Waals surface area contributed by atoms with Crippen molar-refractivity contribution in [1.82, 2.24) is 4.98 Å². The van der Waals surface area contributed by atoms with Gasteiger partial charge in [0.05, 0.1) is 17.7 Å². The van der Waals surface area contributed by atoms with E-state index in [0.717, 1.165) is 19.3 Å². The molecule has 0 aliphatic heterocycles. The molecule has 0 radical (unpaired) electrons. The van der Waals surface area contributed by atoms with E-state index in [0.29, 0.717) is 17.9 Å². The number of nitrogens with two attached hydrogens (primary N) is 1. The Balaban J connectivity index is 1.96. The number of carbonyl (C=O) groups is 1. The Kier molecular flexibility index (Phi) is 3.28. The van der Waals surface area contributed by atoms with Gasteiger partial charge < -0.3 is 15.8 Å². The summed E-state index contributed by atoms with van der Waals surface area (Å²) in [6, 6.07) is 3.44. The summed E-state index contributed by atoms with van der Waals surface area (Å²) < 4.78 is 5.40. The molecular formula is C12H17N3O2. The van der Waals surface area contributed by atoms with E-state index in [-0.39, 0.29) is 11.5 Å². The van der Waals surface area contributed by atoms with Crippen LogP contribution in [0.2, 0.25) is 0 Å². The van der Waals surface area contributed by atoms with E-state index in [1.165, 1.54) is 0 Å². The molecule has 2 rings (SSSR count). The second-order valence-corrected chi connectivity index (χ2v) is 4.41. The molecule has 92 valence electrons. The summed E-state index contributed by atoms with van der Waals surface area (Å²) in [4.78, 5) is 15.9. The van der Waals surface area contributed by atoms with Crippen LogP contribution in [0.5, 0.6) is 0 Å². The van der Waals surface area contributed by atoms with Crippen LogP contribution in [0.25, 0.3) is 0 Å². The first-order valence-electron chi connectivity index (χ1n) is 5.71. The van der Waals surface area contributed by atoms with E-state index in [1.54, 1.807) is 25.4 Å². The van der Waals surface area contributed by atoms with Crippen molar-refractivity contribution in [3.63, 3.8) is 0 Å². The molecular weight excluding hydrogens is 218 g/mol. The summed E-state index contributed by atoms with van der Waals surface area (Å²) >= 11 is 0. The molecule has 3 N–H and O–H groups in total. The highest BCUT2D eigenvalue weighted by Crippen LogP contribution is 2.38. The lowest BCUT2D eigenvalue weighted by Crippen LogP contribution is -2.42. The van der Waals surface area contributed by atoms with Crippen molar-refractivity contribution in [3.8, 4) is 0 Å². The lowest BCUT2D eigenvalue weighted by Gasteiger charge is -2.39. The smallest absolute Gasteiger partial charge is 0.228 e. The standard InChI is InChI=1S/C12H17N3O2/c1-17-12(5-3-6-12)8-10(16)15-11-9(13)4-2-7-14-11/h2,4,7H,3,5-6,8,13H2,1H3,(H,14,15,16). The van der Waals surface area contributed by atoms with Gasteiger partial charge in [0.25, 0.3) is 0 Å². The summed E-state index contributed by atoms with van der Waals surface area (Å²) in [5.41, 5.74) is 5.91. The van der Waals surface area contributed by atoms with E-state index < -0.39 is 0 Å². The summed E-state index contributed by atoms with van der Waals surface area (Å²) in [7, 11) is 1.65. The maximum atomic E-state index is 11.8. The number of carbonyl (C=O) groups excluding carboxylic acids is 1. The van der Waals surface area contributed by atoms with Crippen molar-refractivity contribution in [1.29, 1.82) is 0 Å². The number of methoxy groups -OCH3 is 1. The summed E-state index contributed by atoms with van der Waals surface area (Å²) in [6.45, 7) is 0. The molecule has 17 heavy (non-hydrogen) atoms. The van der Waals surface area contributed by atoms with Gasteiger partial charge in [0, 0.05) is 13.3 Å². The Bertz CT molecular complexity index is 410. The van der Waals surface area contributed by atoms with E-state index in [4.69, 9.17) is 10.5 Å². The molecule has 1 aromatic heterocycles. The zero-order valence-electron chi connectivity index (χ0n) is 9.90. The zero-order valence-corrected chi connectivity index (χ0v) is 9.90. The van der Waals surface area contributed by atoms with E-state index in [9.17, 15) is 4.79 Å². The van der Waals surface area contributed by atoms with Crippen LogP contribution >= 0.6 is 0 Å². The van der Waals surface area contributed by atoms with Crippen LogP contribution in [0.15, 0.2) is 18.3 Å². The molecule has 0 aromatic carbocycles. The number of pyridine rings is 1. The van der Waals surface area contributed by atoms with Gasteiger partial charge in [-0.25, -0.2) is 4.98 Å². The van der Waals surface area contributed by atoms with Crippen LogP contribution < -0.4 is 11.1 Å². The van der Waals surface area contributed by atoms with Crippen molar-refractivity contribution >= 4 is 17.4 Å². The van der Waals surface area contributed by atoms with Gasteiger partial charge >= 0.3 is 0 Å². The van der Waals surface area contributed by atoms with Crippen LogP contribution in [0, 0.1) is 0 Å². The minimum absolute atomic E-state index is 0.100. The second kappa shape index (κ2) is 4.71. The van der Waals surface area contributed by atoms with Crippen molar-refractivity contribution in [2.75, 3.05) is 18.2 Å². The molecule has 0 atom stereocenters. The quantitative estimate of drug-likeness (QED) is 0.830. The van der Waals surface area contributed by atoms with Gasteiger partial charge in [-0.15, -0.1) is 0 Å². The highest BCUT2D eigenvalue weighted by molar-refractivity contribution is 5.93. The van der Waals surface area contributed by atoms with Crippen LogP contribution in [0.1, 0.15) is 25.7 Å². The van der Waals surface area contributed by atoms with Gasteiger partial charge in [-0.3, -0.25) is 4.79 Å². The molecule has 1 aliphatic rings. The first-order valence-corrected chi connectivity index (χ1v) is 5.71. The third-order valence-corrected chi connectivity index (χ3v) is 3.28. The minimum Gasteiger partial charge on any atom is -0.396 e. The fraction of sp³-hybridized carbons (Fsp3) is 0.500. The Labute approximate surface area is 100 Å². The molecule has 1 saturated carbocycles. The van der Waals surface area contributed by atoms with Crippen molar-refractivity contribution < 1.29 is 9.53 Å². The average Bonchev–Trinajstić information content (AvgIpc) is 2.27. The number of hydrogen-bond donors (Lipinski definition) is 2. The monoisotopic (exact) mass is 235 g/mol. The number of rotatable bonds is 4. The third-order valence-electron chi connectivity index (χ3n) is 3.28. The predicted octanol–water partition coefficient (Wildman–Crippen LogP) is 1.56. The maximum absolute atomic E-state index is 11.8. The number of hydrogen-bond acceptors (Lipinski definition) is 4. The lowest BCUT2D eigenvalue weighted by atomic mass is 9.77. The number of ether oxygens (including phenoxy) is 1. The number of aromatic nitrogens is 1. The summed E-state index contributed by atoms with van der Waals surface area (Å²) in [5.74, 6) is 0.319. The highest BCUT2D eigenvalue weighted by atomic mass is 16.5. The Morgan fingerprint density at radius 2 is 2.41 bits per heavy atom. The summed E-state index contributed by atoms with van der Waals surface area (Å²) in [6.07, 6.45) is 4.96. The molecule has 0 saturated heterocycles. The molecule has 0 spiro atoms. The normalized spacial score (nSPS) is 17.2. The molecule has 1 aliphatic carbocycles. The SMILES string of the molecule is COC1(CC(=O)Nc2ncccc2N)CCC1. The van der Waals surface area contributed by atoms with Gasteiger partial charge in [-0.2, -0.15) is 0 Å². The number of nitrogen functional groups attached to an aromatic ring is 1. The highest BCUT2D eigenvalue weighted by Gasteiger charge is 2.39. The largest absolute Gasteiger partial charge is 0.396 e. The maximum Gasteiger partial charge on any atom is 0.228 e. The van der Waals surface area contributed by atoms with Crippen molar-refractivity contribution in [2.45, 2.75) is 31.3 Å². The molecule has 5 nitrogen and oxygen atoms in total. The van der Waals surface area contributed by atoms with Crippen molar-refractivity contribution in [3.05, 3.63) is 18.3 Å². The molecule has 0 unspecified atom stereocenters. The minimum atomic E-state index is -0.270. The van der Waals surface area contributed by atoms with Crippen molar-refractivity contribution in [2.24, 2.45) is 0 Å². The molecule has 1 fully saturated rings. The zero-order chi connectivity index (χ0) is 12.3. The predicted molar refractivity (Wildman–Crippen MR) is 65.5 cm³/mol. The fourth-order valence-electron chi connectivity index (χ4n) is 2.02. The van der Waals surface area contributed by atoms with Gasteiger partial charge in [-0.05, 0) is 31.4 Å². The van der Waals surface area contributed by atoms with Crippen LogP contribution in [0.4, 0.5) is 11.5 Å². The van der Waals surface area contributed by atoms with Crippen LogP contribution in [-0.4, -0.2) is 23.6 Å². The van der Waals surface area contributed by atoms with E-state index in [2.05, 4.69) is 10.3 Å². The van der Waals surface area contributed by atoms with Gasteiger partial charge in [0.1, 0.15) is 0 Å². The second-order valence-electron chi connectivity index (χ2n) is 4.41. The Morgan fingerprint density at radius 3 is 2.94 bits per heavy atom. The van der Waals surface area contributed by atoms with Gasteiger partial charge in [0.2, 0.25) is 5.91 Å². The summed E-state index contributed by atoms with van der Waals surface area (Å²) in [5, 5.41) is 2.71. The molecule has 1 amide bonds. The first-order chi connectivity index (χ1) is 8.15. The number of amides is 1. The van der Waals surface area contributed by atoms with Crippen LogP contribution in [-0.2, 0) is 9.53 Å². The van der Waals surface area contributed by atoms with Gasteiger partial charge in [-0.1, -0.05) is 0 Å². The van der Waals surface area contributed by atoms with E-state index >= 15 is 0 Å². The third kappa shape index (κ3) is 2.55. The molecule has 1 heterocycles. The first kappa shape index (κ1) is 11.9. The molecule has 0 bridgehead atoms. The van der Waals surface area contributed by atoms with Crippen LogP contribution in [0.3, 0.4) is 0 Å². The number of nitrogens with one attached hydrogen (secondary N) is 1. The molecule has 5 heteroatoms. The number of nitrogens with zero attached hydrogens (tertiary/aromatic N) is 1. The molecule has 1 aromatic rings. The average molecular weight is 235 g/mol. The van der Waals surface area contributed by atoms with E-state index in [1.807, 2.05) is 0 Å². The fourth-order valence-corrected chi connectivity index (χ4v) is 2.02. The lowest BCUT2D eigenvalue weighted by molar-refractivity contribution is -0.129.